The number of carbonyl (C=O) groups is 1. The Morgan fingerprint density at radius 2 is 1.66 bits per heavy atom. The summed E-state index contributed by atoms with van der Waals surface area (Å²) in [6.07, 6.45) is 2.33. The molecule has 2 aromatic carbocycles. The number of methoxy groups -OCH3 is 3. The normalized spacial score (nSPS) is 12.0. The van der Waals surface area contributed by atoms with Crippen LogP contribution in [0.4, 0.5) is 0 Å². The molecule has 7 nitrogen and oxygen atoms in total. The van der Waals surface area contributed by atoms with Crippen LogP contribution in [0.3, 0.4) is 0 Å². The first-order valence-corrected chi connectivity index (χ1v) is 10.8. The van der Waals surface area contributed by atoms with E-state index in [1.165, 1.54) is 12.7 Å². The Morgan fingerprint density at radius 3 is 2.28 bits per heavy atom. The summed E-state index contributed by atoms with van der Waals surface area (Å²) < 4.78 is 15.7. The van der Waals surface area contributed by atoms with Crippen LogP contribution in [0.2, 0.25) is 0 Å². The molecule has 0 aliphatic heterocycles. The monoisotopic (exact) mass is 445 g/mol. The molecule has 0 fully saturated rings. The third-order valence-corrected chi connectivity index (χ3v) is 5.72. The van der Waals surface area contributed by atoms with E-state index in [1.54, 1.807) is 26.4 Å². The highest BCUT2D eigenvalue weighted by Gasteiger charge is 2.22. The van der Waals surface area contributed by atoms with Gasteiger partial charge in [-0.1, -0.05) is 24.3 Å². The standard InChI is InChI=1S/C25H35NO6/c1-26(13-11-18-7-10-23(30-2)24(14-18)31-3)12-5-6-22(25(29)32-4)19-8-9-20(16-27)21(15-19)17-28/h7-10,14-15,22,27-28H,5-6,11-13,16-17H2,1-4H3. The Kier molecular flexibility index (Phi) is 10.5. The molecule has 1 atom stereocenters. The summed E-state index contributed by atoms with van der Waals surface area (Å²) in [7, 11) is 6.71. The van der Waals surface area contributed by atoms with Crippen molar-refractivity contribution in [2.45, 2.75) is 38.4 Å². The van der Waals surface area contributed by atoms with Gasteiger partial charge < -0.3 is 29.3 Å². The van der Waals surface area contributed by atoms with Gasteiger partial charge in [0.25, 0.3) is 0 Å². The van der Waals surface area contributed by atoms with Crippen molar-refractivity contribution in [2.75, 3.05) is 41.5 Å². The Morgan fingerprint density at radius 1 is 0.938 bits per heavy atom. The molecule has 0 radical (unpaired) electrons. The Hall–Kier alpha value is -2.61. The van der Waals surface area contributed by atoms with Gasteiger partial charge in [0, 0.05) is 6.54 Å². The van der Waals surface area contributed by atoms with Crippen molar-refractivity contribution in [2.24, 2.45) is 0 Å². The average molecular weight is 446 g/mol. The first kappa shape index (κ1) is 25.6. The summed E-state index contributed by atoms with van der Waals surface area (Å²) in [5, 5.41) is 19.0. The highest BCUT2D eigenvalue weighted by molar-refractivity contribution is 5.78. The fourth-order valence-electron chi connectivity index (χ4n) is 3.76. The van der Waals surface area contributed by atoms with E-state index in [2.05, 4.69) is 11.9 Å². The Balaban J connectivity index is 1.93. The van der Waals surface area contributed by atoms with Crippen LogP contribution >= 0.6 is 0 Å². The number of hydrogen-bond acceptors (Lipinski definition) is 7. The lowest BCUT2D eigenvalue weighted by Gasteiger charge is -2.20. The molecule has 0 saturated carbocycles. The summed E-state index contributed by atoms with van der Waals surface area (Å²) in [6, 6.07) is 11.3. The zero-order chi connectivity index (χ0) is 23.5. The van der Waals surface area contributed by atoms with Gasteiger partial charge in [0.1, 0.15) is 0 Å². The van der Waals surface area contributed by atoms with Gasteiger partial charge in [0.05, 0.1) is 40.5 Å². The molecule has 0 aromatic heterocycles. The molecule has 0 heterocycles. The molecule has 176 valence electrons. The highest BCUT2D eigenvalue weighted by atomic mass is 16.5. The van der Waals surface area contributed by atoms with E-state index in [4.69, 9.17) is 14.2 Å². The second kappa shape index (κ2) is 13.1. The molecule has 0 amide bonds. The van der Waals surface area contributed by atoms with Crippen molar-refractivity contribution in [3.05, 3.63) is 58.7 Å². The number of aliphatic hydroxyl groups excluding tert-OH is 2. The average Bonchev–Trinajstić information content (AvgIpc) is 2.84. The number of aliphatic hydroxyl groups is 2. The van der Waals surface area contributed by atoms with E-state index in [0.29, 0.717) is 17.5 Å². The van der Waals surface area contributed by atoms with Crippen LogP contribution in [0.25, 0.3) is 0 Å². The quantitative estimate of drug-likeness (QED) is 0.458. The zero-order valence-corrected chi connectivity index (χ0v) is 19.5. The molecule has 0 spiro atoms. The van der Waals surface area contributed by atoms with Crippen molar-refractivity contribution in [1.29, 1.82) is 0 Å². The SMILES string of the molecule is COC(=O)C(CCCN(C)CCc1ccc(OC)c(OC)c1)c1ccc(CO)c(CO)c1. The van der Waals surface area contributed by atoms with Gasteiger partial charge in [-0.2, -0.15) is 0 Å². The Labute approximate surface area is 190 Å². The maximum Gasteiger partial charge on any atom is 0.313 e. The number of esters is 1. The van der Waals surface area contributed by atoms with Crippen LogP contribution in [0, 0.1) is 0 Å². The minimum atomic E-state index is -0.405. The van der Waals surface area contributed by atoms with Crippen molar-refractivity contribution in [3.63, 3.8) is 0 Å². The molecule has 1 unspecified atom stereocenters. The molecule has 2 N–H and O–H groups in total. The summed E-state index contributed by atoms with van der Waals surface area (Å²) >= 11 is 0. The molecule has 0 saturated heterocycles. The van der Waals surface area contributed by atoms with Crippen LogP contribution in [0.1, 0.15) is 41.0 Å². The van der Waals surface area contributed by atoms with Gasteiger partial charge in [0.15, 0.2) is 11.5 Å². The van der Waals surface area contributed by atoms with Crippen molar-refractivity contribution in [3.8, 4) is 11.5 Å². The van der Waals surface area contributed by atoms with Gasteiger partial charge in [-0.3, -0.25) is 4.79 Å². The van der Waals surface area contributed by atoms with Gasteiger partial charge >= 0.3 is 5.97 Å². The second-order valence-corrected chi connectivity index (χ2v) is 7.80. The van der Waals surface area contributed by atoms with E-state index < -0.39 is 5.92 Å². The number of hydrogen-bond donors (Lipinski definition) is 2. The zero-order valence-electron chi connectivity index (χ0n) is 19.5. The maximum atomic E-state index is 12.4. The van der Waals surface area contributed by atoms with E-state index in [-0.39, 0.29) is 19.2 Å². The fourth-order valence-corrected chi connectivity index (χ4v) is 3.76. The van der Waals surface area contributed by atoms with Gasteiger partial charge in [-0.25, -0.2) is 0 Å². The topological polar surface area (TPSA) is 88.5 Å². The highest BCUT2D eigenvalue weighted by Crippen LogP contribution is 2.28. The molecule has 2 aromatic rings. The van der Waals surface area contributed by atoms with Gasteiger partial charge in [-0.05, 0) is 67.2 Å². The summed E-state index contributed by atoms with van der Waals surface area (Å²) in [6.45, 7) is 1.38. The molecule has 0 aliphatic carbocycles. The number of benzene rings is 2. The third kappa shape index (κ3) is 6.95. The van der Waals surface area contributed by atoms with Crippen LogP contribution in [-0.2, 0) is 29.2 Å². The van der Waals surface area contributed by atoms with Crippen molar-refractivity contribution in [1.82, 2.24) is 4.90 Å². The van der Waals surface area contributed by atoms with Crippen LogP contribution in [0.15, 0.2) is 36.4 Å². The van der Waals surface area contributed by atoms with Gasteiger partial charge in [0.2, 0.25) is 0 Å². The summed E-state index contributed by atoms with van der Waals surface area (Å²) in [5.41, 5.74) is 3.26. The van der Waals surface area contributed by atoms with E-state index in [0.717, 1.165) is 43.0 Å². The molecule has 0 aliphatic rings. The van der Waals surface area contributed by atoms with Gasteiger partial charge in [-0.15, -0.1) is 0 Å². The molecule has 0 bridgehead atoms. The molecule has 2 rings (SSSR count). The van der Waals surface area contributed by atoms with Crippen molar-refractivity contribution < 1.29 is 29.2 Å². The van der Waals surface area contributed by atoms with E-state index >= 15 is 0 Å². The summed E-state index contributed by atoms with van der Waals surface area (Å²) in [5.74, 6) is 0.744. The predicted molar refractivity (Wildman–Crippen MR) is 123 cm³/mol. The molecule has 7 heteroatoms. The number of rotatable bonds is 13. The largest absolute Gasteiger partial charge is 0.493 e. The minimum Gasteiger partial charge on any atom is -0.493 e. The lowest BCUT2D eigenvalue weighted by Crippen LogP contribution is -2.24. The number of nitrogens with zero attached hydrogens (tertiary/aromatic N) is 1. The molecular formula is C25H35NO6. The summed E-state index contributed by atoms with van der Waals surface area (Å²) in [4.78, 5) is 14.6. The maximum absolute atomic E-state index is 12.4. The number of ether oxygens (including phenoxy) is 3. The van der Waals surface area contributed by atoms with Crippen LogP contribution < -0.4 is 9.47 Å². The predicted octanol–water partition coefficient (Wildman–Crippen LogP) is 2.90. The molecular weight excluding hydrogens is 410 g/mol. The lowest BCUT2D eigenvalue weighted by molar-refractivity contribution is -0.142. The number of likely N-dealkylation sites (N-methyl/N-ethyl adjacent to an activating group) is 1. The smallest absolute Gasteiger partial charge is 0.313 e. The first-order chi connectivity index (χ1) is 15.5. The Bertz CT molecular complexity index is 870. The third-order valence-electron chi connectivity index (χ3n) is 5.72. The minimum absolute atomic E-state index is 0.149. The van der Waals surface area contributed by atoms with Crippen LogP contribution in [-0.4, -0.2) is 62.5 Å². The van der Waals surface area contributed by atoms with E-state index in [1.807, 2.05) is 24.3 Å². The van der Waals surface area contributed by atoms with Crippen molar-refractivity contribution >= 4 is 5.97 Å². The fraction of sp³-hybridized carbons (Fsp3) is 0.480. The lowest BCUT2D eigenvalue weighted by atomic mass is 9.91. The second-order valence-electron chi connectivity index (χ2n) is 7.80. The van der Waals surface area contributed by atoms with Crippen LogP contribution in [0.5, 0.6) is 11.5 Å². The first-order valence-electron chi connectivity index (χ1n) is 10.8. The number of carbonyl (C=O) groups excluding carboxylic acids is 1. The van der Waals surface area contributed by atoms with E-state index in [9.17, 15) is 15.0 Å². The molecule has 32 heavy (non-hydrogen) atoms.